The summed E-state index contributed by atoms with van der Waals surface area (Å²) in [6.45, 7) is 0. The highest BCUT2D eigenvalue weighted by molar-refractivity contribution is 7.99. The second kappa shape index (κ2) is 5.49. The van der Waals surface area contributed by atoms with E-state index in [-0.39, 0.29) is 0 Å². The third-order valence-electron chi connectivity index (χ3n) is 2.28. The van der Waals surface area contributed by atoms with Crippen molar-refractivity contribution in [2.24, 2.45) is 0 Å². The van der Waals surface area contributed by atoms with Gasteiger partial charge in [-0.05, 0) is 36.0 Å². The molecule has 0 atom stereocenters. The van der Waals surface area contributed by atoms with Crippen molar-refractivity contribution in [3.05, 3.63) is 47.8 Å². The van der Waals surface area contributed by atoms with Gasteiger partial charge in [0.25, 0.3) is 0 Å². The molecule has 0 aliphatic carbocycles. The van der Waals surface area contributed by atoms with Gasteiger partial charge in [0.05, 0.1) is 11.1 Å². The number of halogens is 3. The number of carboxylic acids is 1. The number of rotatable bonds is 3. The summed E-state index contributed by atoms with van der Waals surface area (Å²) in [5.74, 6) is -1.63. The minimum Gasteiger partial charge on any atom is -0.478 e. The molecule has 104 valence electrons. The molecular formula is C12H7F3N2O2S. The van der Waals surface area contributed by atoms with Gasteiger partial charge < -0.3 is 5.11 Å². The molecule has 0 fully saturated rings. The van der Waals surface area contributed by atoms with E-state index in [2.05, 4.69) is 9.97 Å². The molecule has 1 aromatic heterocycles. The van der Waals surface area contributed by atoms with Crippen LogP contribution in [0, 0.1) is 0 Å². The Morgan fingerprint density at radius 2 is 1.85 bits per heavy atom. The van der Waals surface area contributed by atoms with Crippen LogP contribution < -0.4 is 0 Å². The van der Waals surface area contributed by atoms with Crippen LogP contribution in [0.2, 0.25) is 0 Å². The average molecular weight is 300 g/mol. The summed E-state index contributed by atoms with van der Waals surface area (Å²) in [7, 11) is 0. The Labute approximate surface area is 115 Å². The van der Waals surface area contributed by atoms with Gasteiger partial charge in [-0.15, -0.1) is 0 Å². The lowest BCUT2D eigenvalue weighted by Gasteiger charge is -2.11. The largest absolute Gasteiger partial charge is 0.478 e. The first-order valence-electron chi connectivity index (χ1n) is 5.27. The van der Waals surface area contributed by atoms with Crippen LogP contribution in [0.15, 0.2) is 46.7 Å². The quantitative estimate of drug-likeness (QED) is 0.881. The number of carboxylic acid groups (broad SMARTS) is 1. The van der Waals surface area contributed by atoms with Crippen LogP contribution in [0.4, 0.5) is 13.2 Å². The van der Waals surface area contributed by atoms with Crippen LogP contribution in [-0.4, -0.2) is 21.0 Å². The third-order valence-corrected chi connectivity index (χ3v) is 3.16. The molecule has 1 N–H and O–H groups in total. The lowest BCUT2D eigenvalue weighted by atomic mass is 10.1. The molecule has 8 heteroatoms. The summed E-state index contributed by atoms with van der Waals surface area (Å²) in [5, 5.41) is 9.20. The van der Waals surface area contributed by atoms with Crippen LogP contribution in [0.5, 0.6) is 0 Å². The molecule has 1 heterocycles. The van der Waals surface area contributed by atoms with Gasteiger partial charge in [-0.1, -0.05) is 0 Å². The fourth-order valence-electron chi connectivity index (χ4n) is 1.45. The molecule has 0 spiro atoms. The molecule has 0 aliphatic heterocycles. The van der Waals surface area contributed by atoms with Crippen molar-refractivity contribution >= 4 is 17.7 Å². The summed E-state index contributed by atoms with van der Waals surface area (Å²) in [6.07, 6.45) is -1.74. The Balaban J connectivity index is 2.38. The zero-order valence-electron chi connectivity index (χ0n) is 9.76. The maximum Gasteiger partial charge on any atom is 0.417 e. The van der Waals surface area contributed by atoms with E-state index >= 15 is 0 Å². The first-order valence-corrected chi connectivity index (χ1v) is 6.09. The van der Waals surface area contributed by atoms with E-state index in [1.807, 2.05) is 0 Å². The number of hydrogen-bond acceptors (Lipinski definition) is 4. The second-order valence-corrected chi connectivity index (χ2v) is 4.68. The first kappa shape index (κ1) is 14.3. The molecule has 4 nitrogen and oxygen atoms in total. The second-order valence-electron chi connectivity index (χ2n) is 3.64. The SMILES string of the molecule is O=C(O)c1cc(Sc2ncccn2)ccc1C(F)(F)F. The van der Waals surface area contributed by atoms with E-state index in [0.717, 1.165) is 23.9 Å². The maximum absolute atomic E-state index is 12.7. The third kappa shape index (κ3) is 3.27. The van der Waals surface area contributed by atoms with Crippen molar-refractivity contribution in [2.45, 2.75) is 16.2 Å². The molecule has 20 heavy (non-hydrogen) atoms. The Bertz CT molecular complexity index is 632. The van der Waals surface area contributed by atoms with Gasteiger partial charge in [-0.25, -0.2) is 14.8 Å². The molecule has 0 saturated heterocycles. The molecule has 1 aromatic carbocycles. The zero-order valence-corrected chi connectivity index (χ0v) is 10.6. The molecule has 2 rings (SSSR count). The van der Waals surface area contributed by atoms with Crippen molar-refractivity contribution in [1.82, 2.24) is 9.97 Å². The van der Waals surface area contributed by atoms with Crippen molar-refractivity contribution in [2.75, 3.05) is 0 Å². The van der Waals surface area contributed by atoms with E-state index in [9.17, 15) is 18.0 Å². The van der Waals surface area contributed by atoms with Crippen molar-refractivity contribution in [3.8, 4) is 0 Å². The number of aromatic carboxylic acids is 1. The van der Waals surface area contributed by atoms with E-state index in [0.29, 0.717) is 10.1 Å². The molecular weight excluding hydrogens is 293 g/mol. The summed E-state index contributed by atoms with van der Waals surface area (Å²) in [5.41, 5.74) is -1.97. The minimum atomic E-state index is -4.71. The Morgan fingerprint density at radius 3 is 2.40 bits per heavy atom. The van der Waals surface area contributed by atoms with Crippen molar-refractivity contribution in [3.63, 3.8) is 0 Å². The number of alkyl halides is 3. The van der Waals surface area contributed by atoms with Crippen LogP contribution in [0.25, 0.3) is 0 Å². The lowest BCUT2D eigenvalue weighted by Crippen LogP contribution is -2.12. The van der Waals surface area contributed by atoms with Crippen LogP contribution >= 0.6 is 11.8 Å². The minimum absolute atomic E-state index is 0.321. The number of carbonyl (C=O) groups is 1. The van der Waals surface area contributed by atoms with E-state index in [1.54, 1.807) is 6.07 Å². The Hall–Kier alpha value is -2.09. The van der Waals surface area contributed by atoms with Crippen LogP contribution in [-0.2, 0) is 6.18 Å². The number of benzene rings is 1. The van der Waals surface area contributed by atoms with Gasteiger partial charge in [-0.3, -0.25) is 0 Å². The summed E-state index contributed by atoms with van der Waals surface area (Å²) >= 11 is 0.986. The van der Waals surface area contributed by atoms with Crippen LogP contribution in [0.1, 0.15) is 15.9 Å². The van der Waals surface area contributed by atoms with Gasteiger partial charge in [0.2, 0.25) is 0 Å². The highest BCUT2D eigenvalue weighted by atomic mass is 32.2. The molecule has 0 unspecified atom stereocenters. The topological polar surface area (TPSA) is 63.1 Å². The predicted molar refractivity (Wildman–Crippen MR) is 64.6 cm³/mol. The van der Waals surface area contributed by atoms with Gasteiger partial charge >= 0.3 is 12.1 Å². The van der Waals surface area contributed by atoms with E-state index in [4.69, 9.17) is 5.11 Å². The summed E-state index contributed by atoms with van der Waals surface area (Å²) < 4.78 is 38.0. The first-order chi connectivity index (χ1) is 9.38. The van der Waals surface area contributed by atoms with Gasteiger partial charge in [0, 0.05) is 17.3 Å². The fraction of sp³-hybridized carbons (Fsp3) is 0.0833. The van der Waals surface area contributed by atoms with Gasteiger partial charge in [-0.2, -0.15) is 13.2 Å². The van der Waals surface area contributed by atoms with E-state index < -0.39 is 23.3 Å². The Morgan fingerprint density at radius 1 is 1.20 bits per heavy atom. The standard InChI is InChI=1S/C12H7F3N2O2S/c13-12(14,15)9-3-2-7(6-8(9)10(18)19)20-11-16-4-1-5-17-11/h1-6H,(H,18,19). The van der Waals surface area contributed by atoms with E-state index in [1.165, 1.54) is 18.5 Å². The fourth-order valence-corrected chi connectivity index (χ4v) is 2.21. The molecule has 0 aliphatic rings. The predicted octanol–water partition coefficient (Wildman–Crippen LogP) is 3.34. The highest BCUT2D eigenvalue weighted by Gasteiger charge is 2.35. The van der Waals surface area contributed by atoms with Crippen molar-refractivity contribution < 1.29 is 23.1 Å². The summed E-state index contributed by atoms with van der Waals surface area (Å²) in [6, 6.07) is 4.50. The monoisotopic (exact) mass is 300 g/mol. The zero-order chi connectivity index (χ0) is 14.8. The number of hydrogen-bond donors (Lipinski definition) is 1. The lowest BCUT2D eigenvalue weighted by molar-refractivity contribution is -0.138. The number of aromatic nitrogens is 2. The molecule has 0 saturated carbocycles. The van der Waals surface area contributed by atoms with Gasteiger partial charge in [0.15, 0.2) is 5.16 Å². The molecule has 0 bridgehead atoms. The number of nitrogens with zero attached hydrogens (tertiary/aromatic N) is 2. The van der Waals surface area contributed by atoms with Gasteiger partial charge in [0.1, 0.15) is 0 Å². The van der Waals surface area contributed by atoms with Crippen LogP contribution in [0.3, 0.4) is 0 Å². The molecule has 0 radical (unpaired) electrons. The summed E-state index contributed by atoms with van der Waals surface area (Å²) in [4.78, 5) is 19.1. The van der Waals surface area contributed by atoms with Crippen molar-refractivity contribution in [1.29, 1.82) is 0 Å². The smallest absolute Gasteiger partial charge is 0.417 e. The highest BCUT2D eigenvalue weighted by Crippen LogP contribution is 2.35. The average Bonchev–Trinajstić information content (AvgIpc) is 2.38. The Kier molecular flexibility index (Phi) is 3.93. The maximum atomic E-state index is 12.7. The molecule has 0 amide bonds. The normalized spacial score (nSPS) is 11.3. The molecule has 2 aromatic rings.